The molecule has 0 aliphatic heterocycles. The maximum absolute atomic E-state index is 13.0. The predicted molar refractivity (Wildman–Crippen MR) is 116 cm³/mol. The highest BCUT2D eigenvalue weighted by atomic mass is 32.2. The van der Waals surface area contributed by atoms with Gasteiger partial charge in [0, 0.05) is 20.3 Å². The van der Waals surface area contributed by atoms with E-state index in [1.165, 1.54) is 6.07 Å². The zero-order chi connectivity index (χ0) is 22.0. The summed E-state index contributed by atoms with van der Waals surface area (Å²) < 4.78 is 39.0. The van der Waals surface area contributed by atoms with Gasteiger partial charge in [0.05, 0.1) is 11.5 Å². The summed E-state index contributed by atoms with van der Waals surface area (Å²) in [5.41, 5.74) is 1.57. The fraction of sp³-hybridized carbons (Fsp3) is 0.409. The summed E-state index contributed by atoms with van der Waals surface area (Å²) in [4.78, 5) is 12.8. The van der Waals surface area contributed by atoms with Gasteiger partial charge in [-0.25, -0.2) is 8.42 Å². The number of benzene rings is 2. The van der Waals surface area contributed by atoms with Crippen LogP contribution in [-0.2, 0) is 26.0 Å². The van der Waals surface area contributed by atoms with Crippen LogP contribution in [0.4, 0.5) is 0 Å². The van der Waals surface area contributed by atoms with Crippen molar-refractivity contribution in [2.75, 3.05) is 26.9 Å². The van der Waals surface area contributed by atoms with Crippen LogP contribution in [0.5, 0.6) is 5.75 Å². The number of carbonyl (C=O) groups is 1. The summed E-state index contributed by atoms with van der Waals surface area (Å²) >= 11 is 0. The molecule has 2 aromatic carbocycles. The number of methoxy groups -OCH3 is 1. The van der Waals surface area contributed by atoms with Crippen molar-refractivity contribution in [3.05, 3.63) is 59.7 Å². The van der Waals surface area contributed by atoms with E-state index >= 15 is 0 Å². The molecule has 0 aromatic heterocycles. The zero-order valence-corrected chi connectivity index (χ0v) is 18.5. The van der Waals surface area contributed by atoms with Crippen molar-refractivity contribution in [3.8, 4) is 5.75 Å². The van der Waals surface area contributed by atoms with E-state index in [1.54, 1.807) is 26.2 Å². The first-order valence-electron chi connectivity index (χ1n) is 9.93. The van der Waals surface area contributed by atoms with Gasteiger partial charge in [-0.3, -0.25) is 4.79 Å². The number of rotatable bonds is 12. The predicted octanol–water partition coefficient (Wildman–Crippen LogP) is 2.44. The summed E-state index contributed by atoms with van der Waals surface area (Å²) in [5.74, 6) is 0.259. The molecule has 0 spiro atoms. The summed E-state index contributed by atoms with van der Waals surface area (Å²) in [6.07, 6.45) is 0.886. The molecule has 0 radical (unpaired) electrons. The Bertz CT molecular complexity index is 916. The number of sulfonamides is 1. The fourth-order valence-corrected chi connectivity index (χ4v) is 4.23. The molecule has 2 rings (SSSR count). The van der Waals surface area contributed by atoms with E-state index in [2.05, 4.69) is 10.0 Å². The smallest absolute Gasteiger partial charge is 0.241 e. The summed E-state index contributed by atoms with van der Waals surface area (Å²) in [5, 5.41) is 2.78. The third kappa shape index (κ3) is 7.12. The Morgan fingerprint density at radius 3 is 2.50 bits per heavy atom. The molecule has 0 unspecified atom stereocenters. The molecule has 164 valence electrons. The van der Waals surface area contributed by atoms with E-state index in [9.17, 15) is 13.2 Å². The maximum atomic E-state index is 13.0. The van der Waals surface area contributed by atoms with Crippen LogP contribution in [0.3, 0.4) is 0 Å². The number of amides is 1. The van der Waals surface area contributed by atoms with E-state index in [1.807, 2.05) is 37.3 Å². The van der Waals surface area contributed by atoms with Crippen molar-refractivity contribution in [1.29, 1.82) is 0 Å². The largest absolute Gasteiger partial charge is 0.494 e. The second kappa shape index (κ2) is 11.7. The Labute approximate surface area is 178 Å². The molecule has 1 amide bonds. The van der Waals surface area contributed by atoms with E-state index < -0.39 is 16.1 Å². The SMILES string of the molecule is CCOc1ccc(S(=O)(=O)N[C@H](Cc2ccccc2)C(=O)NCCCOC)cc1C. The molecule has 30 heavy (non-hydrogen) atoms. The first kappa shape index (κ1) is 23.9. The molecule has 0 fully saturated rings. The van der Waals surface area contributed by atoms with Crippen molar-refractivity contribution in [2.24, 2.45) is 0 Å². The Kier molecular flexibility index (Phi) is 9.29. The van der Waals surface area contributed by atoms with Crippen LogP contribution in [0, 0.1) is 6.92 Å². The number of nitrogens with one attached hydrogen (secondary N) is 2. The maximum Gasteiger partial charge on any atom is 0.241 e. The normalized spacial score (nSPS) is 12.4. The number of hydrogen-bond acceptors (Lipinski definition) is 5. The lowest BCUT2D eigenvalue weighted by Crippen LogP contribution is -2.48. The molecular weight excluding hydrogens is 404 g/mol. The van der Waals surface area contributed by atoms with Crippen LogP contribution < -0.4 is 14.8 Å². The standard InChI is InChI=1S/C22H30N2O5S/c1-4-29-21-12-11-19(15-17(21)2)30(26,27)24-20(16-18-9-6-5-7-10-18)22(25)23-13-8-14-28-3/h5-7,9-12,15,20,24H,4,8,13-14,16H2,1-3H3,(H,23,25)/t20-/m1/s1. The monoisotopic (exact) mass is 434 g/mol. The second-order valence-corrected chi connectivity index (χ2v) is 8.58. The summed E-state index contributed by atoms with van der Waals surface area (Å²) in [6.45, 7) is 5.06. The zero-order valence-electron chi connectivity index (χ0n) is 17.7. The topological polar surface area (TPSA) is 93.7 Å². The lowest BCUT2D eigenvalue weighted by atomic mass is 10.1. The van der Waals surface area contributed by atoms with Gasteiger partial charge in [-0.15, -0.1) is 0 Å². The van der Waals surface area contributed by atoms with Gasteiger partial charge in [0.1, 0.15) is 11.8 Å². The minimum Gasteiger partial charge on any atom is -0.494 e. The lowest BCUT2D eigenvalue weighted by Gasteiger charge is -2.19. The van der Waals surface area contributed by atoms with Crippen molar-refractivity contribution in [3.63, 3.8) is 0 Å². The molecule has 0 bridgehead atoms. The highest BCUT2D eigenvalue weighted by Crippen LogP contribution is 2.22. The number of aryl methyl sites for hydroxylation is 1. The van der Waals surface area contributed by atoms with Crippen LogP contribution in [0.1, 0.15) is 24.5 Å². The molecule has 2 N–H and O–H groups in total. The Hall–Kier alpha value is -2.42. The van der Waals surface area contributed by atoms with Crippen LogP contribution >= 0.6 is 0 Å². The quantitative estimate of drug-likeness (QED) is 0.501. The van der Waals surface area contributed by atoms with Crippen molar-refractivity contribution < 1.29 is 22.7 Å². The Balaban J connectivity index is 2.20. The second-order valence-electron chi connectivity index (χ2n) is 6.86. The lowest BCUT2D eigenvalue weighted by molar-refractivity contribution is -0.122. The van der Waals surface area contributed by atoms with Crippen molar-refractivity contribution in [1.82, 2.24) is 10.0 Å². The summed E-state index contributed by atoms with van der Waals surface area (Å²) in [6, 6.07) is 13.0. The molecule has 1 atom stereocenters. The molecule has 0 aliphatic carbocycles. The highest BCUT2D eigenvalue weighted by Gasteiger charge is 2.26. The van der Waals surface area contributed by atoms with Gasteiger partial charge >= 0.3 is 0 Å². The first-order chi connectivity index (χ1) is 14.4. The first-order valence-corrected chi connectivity index (χ1v) is 11.4. The van der Waals surface area contributed by atoms with E-state index in [0.29, 0.717) is 37.5 Å². The van der Waals surface area contributed by atoms with E-state index in [0.717, 1.165) is 5.56 Å². The fourth-order valence-electron chi connectivity index (χ4n) is 2.95. The van der Waals surface area contributed by atoms with Gasteiger partial charge in [-0.1, -0.05) is 30.3 Å². The molecule has 0 saturated heterocycles. The number of carbonyl (C=O) groups excluding carboxylic acids is 1. The van der Waals surface area contributed by atoms with Gasteiger partial charge in [-0.05, 0) is 56.0 Å². The van der Waals surface area contributed by atoms with Crippen LogP contribution in [0.25, 0.3) is 0 Å². The molecule has 0 aliphatic rings. The molecule has 2 aromatic rings. The third-order valence-corrected chi connectivity index (χ3v) is 5.95. The summed E-state index contributed by atoms with van der Waals surface area (Å²) in [7, 11) is -2.31. The van der Waals surface area contributed by atoms with Crippen LogP contribution in [0.2, 0.25) is 0 Å². The molecule has 0 heterocycles. The molecule has 7 nitrogen and oxygen atoms in total. The van der Waals surface area contributed by atoms with Crippen molar-refractivity contribution >= 4 is 15.9 Å². The Morgan fingerprint density at radius 1 is 1.13 bits per heavy atom. The molecule has 0 saturated carbocycles. The van der Waals surface area contributed by atoms with E-state index in [4.69, 9.17) is 9.47 Å². The van der Waals surface area contributed by atoms with Gasteiger partial charge in [-0.2, -0.15) is 4.72 Å². The van der Waals surface area contributed by atoms with Crippen LogP contribution in [0.15, 0.2) is 53.4 Å². The number of ether oxygens (including phenoxy) is 2. The number of hydrogen-bond donors (Lipinski definition) is 2. The van der Waals surface area contributed by atoms with Crippen LogP contribution in [-0.4, -0.2) is 47.2 Å². The average molecular weight is 435 g/mol. The van der Waals surface area contributed by atoms with E-state index in [-0.39, 0.29) is 17.2 Å². The van der Waals surface area contributed by atoms with Crippen molar-refractivity contribution in [2.45, 2.75) is 37.6 Å². The van der Waals surface area contributed by atoms with Gasteiger partial charge in [0.15, 0.2) is 0 Å². The molecular formula is C22H30N2O5S. The highest BCUT2D eigenvalue weighted by molar-refractivity contribution is 7.89. The third-order valence-electron chi connectivity index (χ3n) is 4.48. The average Bonchev–Trinajstić information content (AvgIpc) is 2.72. The molecule has 8 heteroatoms. The Morgan fingerprint density at radius 2 is 1.87 bits per heavy atom. The minimum absolute atomic E-state index is 0.0914. The van der Waals surface area contributed by atoms with Gasteiger partial charge < -0.3 is 14.8 Å². The van der Waals surface area contributed by atoms with Gasteiger partial charge in [0.2, 0.25) is 15.9 Å². The minimum atomic E-state index is -3.91. The van der Waals surface area contributed by atoms with Gasteiger partial charge in [0.25, 0.3) is 0 Å².